The van der Waals surface area contributed by atoms with E-state index in [4.69, 9.17) is 0 Å². The lowest BCUT2D eigenvalue weighted by molar-refractivity contribution is -0.384. The lowest BCUT2D eigenvalue weighted by atomic mass is 9.83. The molecule has 1 N–H and O–H groups in total. The molecule has 5 nitrogen and oxygen atoms in total. The Balaban J connectivity index is 1.55. The number of hydrogen-bond acceptors (Lipinski definition) is 4. The van der Waals surface area contributed by atoms with Crippen molar-refractivity contribution in [2.75, 3.05) is 5.43 Å². The summed E-state index contributed by atoms with van der Waals surface area (Å²) >= 11 is 0. The summed E-state index contributed by atoms with van der Waals surface area (Å²) in [6.07, 6.45) is 4.20. The summed E-state index contributed by atoms with van der Waals surface area (Å²) < 4.78 is 0. The molecule has 1 fully saturated rings. The van der Waals surface area contributed by atoms with E-state index in [1.54, 1.807) is 12.1 Å². The molecular weight excluding hydrogens is 290 g/mol. The van der Waals surface area contributed by atoms with Crippen molar-refractivity contribution < 1.29 is 4.92 Å². The van der Waals surface area contributed by atoms with Crippen LogP contribution in [-0.4, -0.2) is 10.6 Å². The largest absolute Gasteiger partial charge is 0.279 e. The summed E-state index contributed by atoms with van der Waals surface area (Å²) in [6, 6.07) is 16.9. The Hall–Kier alpha value is -2.69. The highest BCUT2D eigenvalue weighted by molar-refractivity contribution is 5.86. The second-order valence-electron chi connectivity index (χ2n) is 5.78. The molecule has 0 radical (unpaired) electrons. The maximum atomic E-state index is 10.6. The lowest BCUT2D eigenvalue weighted by Gasteiger charge is -2.23. The van der Waals surface area contributed by atoms with E-state index in [0.29, 0.717) is 5.92 Å². The molecule has 0 aromatic heterocycles. The molecule has 118 valence electrons. The van der Waals surface area contributed by atoms with Crippen LogP contribution in [0.25, 0.3) is 0 Å². The van der Waals surface area contributed by atoms with Gasteiger partial charge in [-0.25, -0.2) is 0 Å². The van der Waals surface area contributed by atoms with Crippen LogP contribution in [0.15, 0.2) is 59.7 Å². The average Bonchev–Trinajstić information content (AvgIpc) is 2.61. The molecule has 1 aliphatic rings. The van der Waals surface area contributed by atoms with Crippen molar-refractivity contribution in [1.29, 1.82) is 0 Å². The minimum Gasteiger partial charge on any atom is -0.279 e. The van der Waals surface area contributed by atoms with Gasteiger partial charge in [-0.1, -0.05) is 30.3 Å². The van der Waals surface area contributed by atoms with Gasteiger partial charge in [0.05, 0.1) is 10.6 Å². The van der Waals surface area contributed by atoms with Crippen LogP contribution in [0, 0.1) is 10.1 Å². The molecule has 0 bridgehead atoms. The Kier molecular flexibility index (Phi) is 4.66. The van der Waals surface area contributed by atoms with Crippen molar-refractivity contribution in [2.24, 2.45) is 5.10 Å². The van der Waals surface area contributed by atoms with Crippen LogP contribution in [0.5, 0.6) is 0 Å². The molecule has 2 aromatic rings. The predicted octanol–water partition coefficient (Wildman–Crippen LogP) is 4.72. The SMILES string of the molecule is O=[N+]([O-])c1ccc(NN=C2CCC(c3ccccc3)CC2)cc1. The van der Waals surface area contributed by atoms with Crippen molar-refractivity contribution >= 4 is 17.1 Å². The lowest BCUT2D eigenvalue weighted by Crippen LogP contribution is -2.14. The van der Waals surface area contributed by atoms with Gasteiger partial charge in [0, 0.05) is 17.8 Å². The fraction of sp³-hybridized carbons (Fsp3) is 0.278. The molecule has 5 heteroatoms. The van der Waals surface area contributed by atoms with Crippen molar-refractivity contribution in [3.8, 4) is 0 Å². The first-order valence-electron chi connectivity index (χ1n) is 7.83. The number of nitrogens with zero attached hydrogens (tertiary/aromatic N) is 2. The molecule has 0 heterocycles. The Morgan fingerprint density at radius 2 is 1.65 bits per heavy atom. The molecule has 0 unspecified atom stereocenters. The maximum absolute atomic E-state index is 10.6. The standard InChI is InChI=1S/C18H19N3O2/c22-21(23)18-12-10-17(11-13-18)20-19-16-8-6-15(7-9-16)14-4-2-1-3-5-14/h1-5,10-13,15,20H,6-9H2. The van der Waals surface area contributed by atoms with Crippen molar-refractivity contribution in [1.82, 2.24) is 0 Å². The molecule has 2 aromatic carbocycles. The normalized spacial score (nSPS) is 17.6. The third-order valence-electron chi connectivity index (χ3n) is 4.25. The summed E-state index contributed by atoms with van der Waals surface area (Å²) in [5.74, 6) is 0.620. The summed E-state index contributed by atoms with van der Waals surface area (Å²) in [4.78, 5) is 10.2. The molecule has 0 amide bonds. The second-order valence-corrected chi connectivity index (χ2v) is 5.78. The molecule has 0 atom stereocenters. The summed E-state index contributed by atoms with van der Waals surface area (Å²) in [6.45, 7) is 0. The van der Waals surface area contributed by atoms with E-state index in [9.17, 15) is 10.1 Å². The van der Waals surface area contributed by atoms with Gasteiger partial charge in [0.1, 0.15) is 0 Å². The summed E-state index contributed by atoms with van der Waals surface area (Å²) in [7, 11) is 0. The highest BCUT2D eigenvalue weighted by atomic mass is 16.6. The Morgan fingerprint density at radius 1 is 1.00 bits per heavy atom. The zero-order valence-electron chi connectivity index (χ0n) is 12.8. The first-order chi connectivity index (χ1) is 11.2. The van der Waals surface area contributed by atoms with Crippen LogP contribution < -0.4 is 5.43 Å². The number of hydrazone groups is 1. The van der Waals surface area contributed by atoms with E-state index >= 15 is 0 Å². The maximum Gasteiger partial charge on any atom is 0.269 e. The first-order valence-corrected chi connectivity index (χ1v) is 7.83. The molecule has 23 heavy (non-hydrogen) atoms. The van der Waals surface area contributed by atoms with Crippen molar-refractivity contribution in [2.45, 2.75) is 31.6 Å². The van der Waals surface area contributed by atoms with Gasteiger partial charge in [0.2, 0.25) is 0 Å². The molecule has 0 spiro atoms. The number of anilines is 1. The van der Waals surface area contributed by atoms with E-state index in [-0.39, 0.29) is 5.69 Å². The molecule has 0 saturated heterocycles. The van der Waals surface area contributed by atoms with Crippen LogP contribution in [-0.2, 0) is 0 Å². The topological polar surface area (TPSA) is 67.5 Å². The third kappa shape index (κ3) is 3.94. The molecule has 1 aliphatic carbocycles. The average molecular weight is 309 g/mol. The van der Waals surface area contributed by atoms with Crippen LogP contribution in [0.3, 0.4) is 0 Å². The van der Waals surface area contributed by atoms with Gasteiger partial charge in [-0.05, 0) is 49.3 Å². The zero-order chi connectivity index (χ0) is 16.1. The second kappa shape index (κ2) is 7.05. The van der Waals surface area contributed by atoms with Gasteiger partial charge < -0.3 is 0 Å². The minimum atomic E-state index is -0.402. The van der Waals surface area contributed by atoms with Gasteiger partial charge >= 0.3 is 0 Å². The van der Waals surface area contributed by atoms with Gasteiger partial charge in [-0.2, -0.15) is 5.10 Å². The smallest absolute Gasteiger partial charge is 0.269 e. The number of nitro benzene ring substituents is 1. The highest BCUT2D eigenvalue weighted by Gasteiger charge is 2.18. The zero-order valence-corrected chi connectivity index (χ0v) is 12.8. The van der Waals surface area contributed by atoms with Gasteiger partial charge in [-0.15, -0.1) is 0 Å². The fourth-order valence-electron chi connectivity index (χ4n) is 2.92. The number of benzene rings is 2. The van der Waals surface area contributed by atoms with Gasteiger partial charge in [-0.3, -0.25) is 15.5 Å². The molecular formula is C18H19N3O2. The van der Waals surface area contributed by atoms with Crippen LogP contribution in [0.4, 0.5) is 11.4 Å². The minimum absolute atomic E-state index is 0.0894. The van der Waals surface area contributed by atoms with E-state index in [0.717, 1.165) is 37.1 Å². The van der Waals surface area contributed by atoms with Crippen LogP contribution >= 0.6 is 0 Å². The molecule has 3 rings (SSSR count). The highest BCUT2D eigenvalue weighted by Crippen LogP contribution is 2.31. The summed E-state index contributed by atoms with van der Waals surface area (Å²) in [5, 5.41) is 15.1. The number of nitro groups is 1. The number of non-ortho nitro benzene ring substituents is 1. The molecule has 1 saturated carbocycles. The Morgan fingerprint density at radius 3 is 2.26 bits per heavy atom. The fourth-order valence-corrected chi connectivity index (χ4v) is 2.92. The third-order valence-corrected chi connectivity index (χ3v) is 4.25. The van der Waals surface area contributed by atoms with Crippen LogP contribution in [0.1, 0.15) is 37.2 Å². The monoisotopic (exact) mass is 309 g/mol. The van der Waals surface area contributed by atoms with Crippen molar-refractivity contribution in [3.05, 3.63) is 70.3 Å². The van der Waals surface area contributed by atoms with E-state index in [2.05, 4.69) is 34.8 Å². The van der Waals surface area contributed by atoms with Gasteiger partial charge in [0.25, 0.3) is 5.69 Å². The van der Waals surface area contributed by atoms with Crippen LogP contribution in [0.2, 0.25) is 0 Å². The number of rotatable bonds is 4. The Labute approximate surface area is 135 Å². The Bertz CT molecular complexity index is 686. The predicted molar refractivity (Wildman–Crippen MR) is 91.8 cm³/mol. The quantitative estimate of drug-likeness (QED) is 0.656. The number of nitrogens with one attached hydrogen (secondary N) is 1. The van der Waals surface area contributed by atoms with Crippen molar-refractivity contribution in [3.63, 3.8) is 0 Å². The van der Waals surface area contributed by atoms with Gasteiger partial charge in [0.15, 0.2) is 0 Å². The number of hydrogen-bond donors (Lipinski definition) is 1. The first kappa shape index (κ1) is 15.2. The summed E-state index contributed by atoms with van der Waals surface area (Å²) in [5.41, 5.74) is 6.44. The van der Waals surface area contributed by atoms with E-state index < -0.39 is 4.92 Å². The van der Waals surface area contributed by atoms with E-state index in [1.165, 1.54) is 17.7 Å². The molecule has 0 aliphatic heterocycles. The van der Waals surface area contributed by atoms with E-state index in [1.807, 2.05) is 6.07 Å².